The number of phenolic OH excluding ortho intramolecular Hbond substituents is 2. The number of piperazine rings is 1. The van der Waals surface area contributed by atoms with E-state index in [1.54, 1.807) is 12.1 Å². The second-order valence-electron chi connectivity index (χ2n) is 5.46. The van der Waals surface area contributed by atoms with Gasteiger partial charge in [-0.1, -0.05) is 6.07 Å². The van der Waals surface area contributed by atoms with Crippen LogP contribution in [0.1, 0.15) is 5.56 Å². The maximum Gasteiger partial charge on any atom is 0.157 e. The Balaban J connectivity index is 1.49. The number of likely N-dealkylation sites (tertiary alicyclic amines) is 1. The van der Waals surface area contributed by atoms with E-state index >= 15 is 0 Å². The van der Waals surface area contributed by atoms with Gasteiger partial charge in [0.15, 0.2) is 11.5 Å². The van der Waals surface area contributed by atoms with Crippen LogP contribution in [0.3, 0.4) is 0 Å². The van der Waals surface area contributed by atoms with Crippen molar-refractivity contribution in [2.24, 2.45) is 0 Å². The molecule has 1 aromatic carbocycles. The number of nitrogens with zero attached hydrogens (tertiary/aromatic N) is 2. The normalized spacial score (nSPS) is 22.3. The molecule has 0 aromatic heterocycles. The summed E-state index contributed by atoms with van der Waals surface area (Å²) in [5, 5.41) is 22.1. The van der Waals surface area contributed by atoms with Crippen LogP contribution in [-0.2, 0) is 6.54 Å². The quantitative estimate of drug-likeness (QED) is 0.680. The van der Waals surface area contributed by atoms with Gasteiger partial charge in [-0.05, 0) is 17.7 Å². The summed E-state index contributed by atoms with van der Waals surface area (Å²) in [5.74, 6) is -0.0808. The Bertz CT molecular complexity index is 440. The van der Waals surface area contributed by atoms with E-state index in [9.17, 15) is 10.2 Å². The Labute approximate surface area is 113 Å². The molecular formula is C14H21N3O2. The largest absolute Gasteiger partial charge is 0.504 e. The fourth-order valence-electron chi connectivity index (χ4n) is 2.88. The van der Waals surface area contributed by atoms with E-state index < -0.39 is 0 Å². The average Bonchev–Trinajstić information content (AvgIpc) is 2.38. The molecule has 2 fully saturated rings. The minimum Gasteiger partial charge on any atom is -0.504 e. The Morgan fingerprint density at radius 2 is 1.84 bits per heavy atom. The van der Waals surface area contributed by atoms with Gasteiger partial charge in [-0.25, -0.2) is 0 Å². The minimum absolute atomic E-state index is 0.0309. The summed E-state index contributed by atoms with van der Waals surface area (Å²) in [6.45, 7) is 7.54. The highest BCUT2D eigenvalue weighted by Crippen LogP contribution is 2.26. The van der Waals surface area contributed by atoms with Crippen LogP contribution in [0.5, 0.6) is 11.5 Å². The molecule has 5 nitrogen and oxygen atoms in total. The lowest BCUT2D eigenvalue weighted by Crippen LogP contribution is -2.62. The fraction of sp³-hybridized carbons (Fsp3) is 0.571. The van der Waals surface area contributed by atoms with Crippen molar-refractivity contribution < 1.29 is 10.2 Å². The van der Waals surface area contributed by atoms with E-state index in [2.05, 4.69) is 15.1 Å². The second-order valence-corrected chi connectivity index (χ2v) is 5.46. The molecule has 0 amide bonds. The number of hydrogen-bond acceptors (Lipinski definition) is 5. The molecule has 1 aromatic rings. The third-order valence-electron chi connectivity index (χ3n) is 4.05. The second kappa shape index (κ2) is 5.36. The zero-order valence-electron chi connectivity index (χ0n) is 11.0. The summed E-state index contributed by atoms with van der Waals surface area (Å²) in [4.78, 5) is 4.93. The molecule has 2 heterocycles. The van der Waals surface area contributed by atoms with Gasteiger partial charge in [0.1, 0.15) is 0 Å². The Morgan fingerprint density at radius 1 is 1.11 bits per heavy atom. The van der Waals surface area contributed by atoms with Crippen LogP contribution >= 0.6 is 0 Å². The van der Waals surface area contributed by atoms with E-state index in [4.69, 9.17) is 0 Å². The van der Waals surface area contributed by atoms with E-state index in [1.807, 2.05) is 6.07 Å². The van der Waals surface area contributed by atoms with Crippen molar-refractivity contribution in [3.05, 3.63) is 23.8 Å². The molecule has 0 spiro atoms. The smallest absolute Gasteiger partial charge is 0.157 e. The lowest BCUT2D eigenvalue weighted by Gasteiger charge is -2.46. The van der Waals surface area contributed by atoms with Crippen LogP contribution in [0.2, 0.25) is 0 Å². The summed E-state index contributed by atoms with van der Waals surface area (Å²) < 4.78 is 0. The molecule has 0 radical (unpaired) electrons. The monoisotopic (exact) mass is 263 g/mol. The third-order valence-corrected chi connectivity index (χ3v) is 4.05. The van der Waals surface area contributed by atoms with Gasteiger partial charge in [0.05, 0.1) is 0 Å². The van der Waals surface area contributed by atoms with E-state index in [-0.39, 0.29) is 11.5 Å². The first kappa shape index (κ1) is 12.7. The van der Waals surface area contributed by atoms with Crippen molar-refractivity contribution in [2.75, 3.05) is 39.3 Å². The fourth-order valence-corrected chi connectivity index (χ4v) is 2.88. The van der Waals surface area contributed by atoms with Crippen LogP contribution in [-0.4, -0.2) is 65.3 Å². The lowest BCUT2D eigenvalue weighted by molar-refractivity contribution is 0.0223. The molecule has 0 aliphatic carbocycles. The molecule has 104 valence electrons. The topological polar surface area (TPSA) is 59.0 Å². The summed E-state index contributed by atoms with van der Waals surface area (Å²) in [7, 11) is 0. The molecule has 3 rings (SSSR count). The predicted octanol–water partition coefficient (Wildman–Crippen LogP) is 0.187. The van der Waals surface area contributed by atoms with Gasteiger partial charge in [0.25, 0.3) is 0 Å². The van der Waals surface area contributed by atoms with E-state index in [0.717, 1.165) is 51.4 Å². The van der Waals surface area contributed by atoms with Crippen LogP contribution in [0, 0.1) is 0 Å². The van der Waals surface area contributed by atoms with Crippen LogP contribution in [0.15, 0.2) is 18.2 Å². The number of aromatic hydroxyl groups is 2. The van der Waals surface area contributed by atoms with Gasteiger partial charge in [-0.15, -0.1) is 0 Å². The van der Waals surface area contributed by atoms with Crippen molar-refractivity contribution in [1.29, 1.82) is 0 Å². The number of hydrogen-bond donors (Lipinski definition) is 3. The molecule has 2 aliphatic rings. The third kappa shape index (κ3) is 2.83. The molecule has 0 bridgehead atoms. The number of nitrogens with one attached hydrogen (secondary N) is 1. The zero-order valence-corrected chi connectivity index (χ0v) is 11.0. The maximum atomic E-state index is 9.48. The van der Waals surface area contributed by atoms with Gasteiger partial charge in [-0.3, -0.25) is 9.80 Å². The Morgan fingerprint density at radius 3 is 2.53 bits per heavy atom. The van der Waals surface area contributed by atoms with Gasteiger partial charge in [-0.2, -0.15) is 0 Å². The first-order chi connectivity index (χ1) is 9.22. The van der Waals surface area contributed by atoms with Gasteiger partial charge in [0, 0.05) is 51.9 Å². The zero-order chi connectivity index (χ0) is 13.2. The van der Waals surface area contributed by atoms with Crippen molar-refractivity contribution in [3.8, 4) is 11.5 Å². The highest BCUT2D eigenvalue weighted by atomic mass is 16.3. The molecule has 2 saturated heterocycles. The minimum atomic E-state index is -0.0500. The van der Waals surface area contributed by atoms with E-state index in [1.165, 1.54) is 0 Å². The Kier molecular flexibility index (Phi) is 3.59. The van der Waals surface area contributed by atoms with Crippen molar-refractivity contribution in [2.45, 2.75) is 12.6 Å². The molecular weight excluding hydrogens is 242 g/mol. The van der Waals surface area contributed by atoms with Crippen molar-refractivity contribution in [1.82, 2.24) is 15.1 Å². The first-order valence-electron chi connectivity index (χ1n) is 6.90. The standard InChI is InChI=1S/C14H21N3O2/c18-13-2-1-11(7-14(13)19)8-16-9-12(10-16)17-5-3-15-4-6-17/h1-2,7,12,15,18-19H,3-6,8-10H2. The first-order valence-corrected chi connectivity index (χ1v) is 6.90. The molecule has 0 unspecified atom stereocenters. The molecule has 3 N–H and O–H groups in total. The van der Waals surface area contributed by atoms with E-state index in [0.29, 0.717) is 6.04 Å². The van der Waals surface area contributed by atoms with Gasteiger partial charge in [0.2, 0.25) is 0 Å². The molecule has 0 saturated carbocycles. The maximum absolute atomic E-state index is 9.48. The van der Waals surface area contributed by atoms with Crippen LogP contribution < -0.4 is 5.32 Å². The SMILES string of the molecule is Oc1ccc(CN2CC(N3CCNCC3)C2)cc1O. The molecule has 0 atom stereocenters. The predicted molar refractivity (Wildman–Crippen MR) is 73.3 cm³/mol. The highest BCUT2D eigenvalue weighted by molar-refractivity contribution is 5.40. The summed E-state index contributed by atoms with van der Waals surface area (Å²) in [5.41, 5.74) is 1.05. The number of rotatable bonds is 3. The molecule has 19 heavy (non-hydrogen) atoms. The Hall–Kier alpha value is -1.30. The summed E-state index contributed by atoms with van der Waals surface area (Å²) >= 11 is 0. The van der Waals surface area contributed by atoms with Gasteiger partial charge >= 0.3 is 0 Å². The highest BCUT2D eigenvalue weighted by Gasteiger charge is 2.31. The molecule has 2 aliphatic heterocycles. The van der Waals surface area contributed by atoms with Crippen molar-refractivity contribution >= 4 is 0 Å². The van der Waals surface area contributed by atoms with Crippen LogP contribution in [0.25, 0.3) is 0 Å². The average molecular weight is 263 g/mol. The number of benzene rings is 1. The summed E-state index contributed by atoms with van der Waals surface area (Å²) in [6, 6.07) is 5.76. The lowest BCUT2D eigenvalue weighted by atomic mass is 10.0. The van der Waals surface area contributed by atoms with Crippen molar-refractivity contribution in [3.63, 3.8) is 0 Å². The number of phenols is 2. The van der Waals surface area contributed by atoms with Crippen LogP contribution in [0.4, 0.5) is 0 Å². The summed E-state index contributed by atoms with van der Waals surface area (Å²) in [6.07, 6.45) is 0. The molecule has 5 heteroatoms. The van der Waals surface area contributed by atoms with Gasteiger partial charge < -0.3 is 15.5 Å².